The van der Waals surface area contributed by atoms with Gasteiger partial charge < -0.3 is 31.5 Å². The Morgan fingerprint density at radius 3 is 2.59 bits per heavy atom. The number of Topliss-reactive ketones (excluding diaryl/α,β-unsaturated/α-hetero) is 2. The number of nitrogens with one attached hydrogen (secondary N) is 1. The molecule has 1 saturated carbocycles. The number of phenols is 1. The van der Waals surface area contributed by atoms with Gasteiger partial charge in [0.05, 0.1) is 11.6 Å². The van der Waals surface area contributed by atoms with Crippen LogP contribution < -0.4 is 11.1 Å². The summed E-state index contributed by atoms with van der Waals surface area (Å²) in [6.45, 7) is 2.97. The van der Waals surface area contributed by atoms with Crippen molar-refractivity contribution in [2.45, 2.75) is 56.7 Å². The Bertz CT molecular complexity index is 1420. The lowest BCUT2D eigenvalue weighted by molar-refractivity contribution is -0.150. The Balaban J connectivity index is 1.53. The fourth-order valence-corrected chi connectivity index (χ4v) is 7.85. The first-order valence-corrected chi connectivity index (χ1v) is 13.4. The fraction of sp³-hybridized carbons (Fsp3) is 0.536. The number of aliphatic hydroxyl groups is 3. The summed E-state index contributed by atoms with van der Waals surface area (Å²) < 4.78 is 16.2. The van der Waals surface area contributed by atoms with E-state index in [0.29, 0.717) is 30.5 Å². The van der Waals surface area contributed by atoms with Crippen molar-refractivity contribution in [3.63, 3.8) is 0 Å². The Labute approximate surface area is 224 Å². The number of phenolic OH excluding ortho intramolecular Hbond substituents is 1. The van der Waals surface area contributed by atoms with E-state index < -0.39 is 63.9 Å². The highest BCUT2D eigenvalue weighted by Gasteiger charge is 2.64. The molecule has 1 saturated heterocycles. The molecule has 1 heterocycles. The Morgan fingerprint density at radius 1 is 1.21 bits per heavy atom. The van der Waals surface area contributed by atoms with Crippen LogP contribution in [0, 0.1) is 23.6 Å². The molecule has 1 amide bonds. The Kier molecular flexibility index (Phi) is 5.73. The topological polar surface area (TPSA) is 173 Å². The van der Waals surface area contributed by atoms with E-state index in [1.807, 2.05) is 14.0 Å². The minimum absolute atomic E-state index is 0.0529. The highest BCUT2D eigenvalue weighted by atomic mass is 19.1. The van der Waals surface area contributed by atoms with Crippen LogP contribution in [-0.4, -0.2) is 74.6 Å². The number of nitrogens with two attached hydrogens (primary N) is 1. The maximum absolute atomic E-state index is 16.2. The Morgan fingerprint density at radius 2 is 1.92 bits per heavy atom. The van der Waals surface area contributed by atoms with Gasteiger partial charge in [0.1, 0.15) is 28.7 Å². The van der Waals surface area contributed by atoms with Crippen LogP contribution in [0.1, 0.15) is 54.5 Å². The summed E-state index contributed by atoms with van der Waals surface area (Å²) in [5.41, 5.74) is 2.24. The van der Waals surface area contributed by atoms with E-state index in [2.05, 4.69) is 10.2 Å². The molecular weight excluding hydrogens is 509 g/mol. The molecule has 0 aromatic heterocycles. The van der Waals surface area contributed by atoms with Gasteiger partial charge in [-0.25, -0.2) is 4.39 Å². The monoisotopic (exact) mass is 541 g/mol. The van der Waals surface area contributed by atoms with Gasteiger partial charge in [0.25, 0.3) is 5.91 Å². The van der Waals surface area contributed by atoms with E-state index in [9.17, 15) is 34.8 Å². The molecular formula is C28H32FN3O7. The standard InChI is InChI=1S/C28H32FN3O7/c1-3-5-31-20-14-9-11-8-12-17(22(33)13-7-10-4-6-32(2)21(10)16(13)19(12)29)23(34)15(11)25(36)28(14,39)26(37)18(24(20)35)27(30)38/h10-11,14,20-21,31,33-34,37,39H,3-9H2,1-2H3,(H2,30,38)/t10-,11-,14-,20-,21-,28-/m0/s1. The zero-order chi connectivity index (χ0) is 28.1. The number of amides is 1. The second-order valence-corrected chi connectivity index (χ2v) is 11.6. The zero-order valence-corrected chi connectivity index (χ0v) is 21.8. The van der Waals surface area contributed by atoms with E-state index in [4.69, 9.17) is 5.73 Å². The van der Waals surface area contributed by atoms with Crippen molar-refractivity contribution in [3.8, 4) is 5.75 Å². The van der Waals surface area contributed by atoms with Crippen molar-refractivity contribution >= 4 is 23.2 Å². The van der Waals surface area contributed by atoms with Crippen molar-refractivity contribution in [1.82, 2.24) is 10.2 Å². The van der Waals surface area contributed by atoms with Gasteiger partial charge in [-0.15, -0.1) is 0 Å². The number of fused-ring (bicyclic) bond motifs is 6. The summed E-state index contributed by atoms with van der Waals surface area (Å²) in [6, 6.07) is -1.40. The lowest BCUT2D eigenvalue weighted by atomic mass is 9.57. The number of likely N-dealkylation sites (tertiary alicyclic amines) is 1. The molecule has 4 aliphatic carbocycles. The number of carbonyl (C=O) groups excluding carboxylic acids is 3. The molecule has 10 nitrogen and oxygen atoms in total. The van der Waals surface area contributed by atoms with Gasteiger partial charge in [-0.05, 0) is 64.1 Å². The Hall–Kier alpha value is -3.28. The van der Waals surface area contributed by atoms with Crippen molar-refractivity contribution < 1.29 is 39.2 Å². The molecule has 6 rings (SSSR count). The number of carbonyl (C=O) groups is 3. The van der Waals surface area contributed by atoms with E-state index in [1.54, 1.807) is 0 Å². The molecule has 0 spiro atoms. The summed E-state index contributed by atoms with van der Waals surface area (Å²) in [5.74, 6) is -7.71. The van der Waals surface area contributed by atoms with E-state index in [1.165, 1.54) is 0 Å². The number of ketones is 2. The fourth-order valence-electron chi connectivity index (χ4n) is 7.85. The highest BCUT2D eigenvalue weighted by Crippen LogP contribution is 2.56. The summed E-state index contributed by atoms with van der Waals surface area (Å²) >= 11 is 0. The smallest absolute Gasteiger partial charge is 0.255 e. The minimum Gasteiger partial charge on any atom is -0.508 e. The molecule has 1 aromatic rings. The van der Waals surface area contributed by atoms with E-state index in [0.717, 1.165) is 13.0 Å². The number of benzene rings is 1. The van der Waals surface area contributed by atoms with Crippen LogP contribution in [0.3, 0.4) is 0 Å². The summed E-state index contributed by atoms with van der Waals surface area (Å²) in [4.78, 5) is 41.3. The van der Waals surface area contributed by atoms with E-state index in [-0.39, 0.29) is 47.3 Å². The van der Waals surface area contributed by atoms with Crippen LogP contribution in [0.5, 0.6) is 5.75 Å². The van der Waals surface area contributed by atoms with Gasteiger partial charge in [-0.1, -0.05) is 6.92 Å². The largest absolute Gasteiger partial charge is 0.508 e. The summed E-state index contributed by atoms with van der Waals surface area (Å²) in [7, 11) is 1.91. The number of aliphatic hydroxyl groups excluding tert-OH is 2. The van der Waals surface area contributed by atoms with Gasteiger partial charge in [0, 0.05) is 34.2 Å². The molecule has 1 aromatic carbocycles. The second-order valence-electron chi connectivity index (χ2n) is 11.6. The van der Waals surface area contributed by atoms with Gasteiger partial charge in [0.2, 0.25) is 5.78 Å². The average Bonchev–Trinajstić information content (AvgIpc) is 3.44. The van der Waals surface area contributed by atoms with Crippen molar-refractivity contribution in [3.05, 3.63) is 45.0 Å². The molecule has 39 heavy (non-hydrogen) atoms. The van der Waals surface area contributed by atoms with Crippen LogP contribution in [0.4, 0.5) is 4.39 Å². The molecule has 2 fully saturated rings. The number of rotatable bonds is 4. The molecule has 0 bridgehead atoms. The first-order chi connectivity index (χ1) is 18.4. The lowest BCUT2D eigenvalue weighted by Crippen LogP contribution is -2.66. The van der Waals surface area contributed by atoms with Crippen molar-refractivity contribution in [1.29, 1.82) is 0 Å². The molecule has 1 aliphatic heterocycles. The third-order valence-electron chi connectivity index (χ3n) is 9.59. The van der Waals surface area contributed by atoms with Crippen LogP contribution in [0.25, 0.3) is 5.76 Å². The predicted molar refractivity (Wildman–Crippen MR) is 136 cm³/mol. The van der Waals surface area contributed by atoms with Gasteiger partial charge in [0.15, 0.2) is 11.4 Å². The third kappa shape index (κ3) is 3.20. The van der Waals surface area contributed by atoms with Crippen molar-refractivity contribution in [2.24, 2.45) is 23.5 Å². The molecule has 5 aliphatic rings. The molecule has 6 atom stereocenters. The number of hydrogen-bond donors (Lipinski definition) is 6. The van der Waals surface area contributed by atoms with Gasteiger partial charge in [-0.2, -0.15) is 0 Å². The number of hydrogen-bond acceptors (Lipinski definition) is 9. The number of aromatic hydroxyl groups is 1. The number of halogens is 1. The minimum atomic E-state index is -2.72. The normalized spacial score (nSPS) is 33.6. The first kappa shape index (κ1) is 26.0. The third-order valence-corrected chi connectivity index (χ3v) is 9.59. The quantitative estimate of drug-likeness (QED) is 0.305. The molecule has 11 heteroatoms. The van der Waals surface area contributed by atoms with Crippen LogP contribution in [0.15, 0.2) is 16.9 Å². The average molecular weight is 542 g/mol. The van der Waals surface area contributed by atoms with Crippen molar-refractivity contribution in [2.75, 3.05) is 20.1 Å². The summed E-state index contributed by atoms with van der Waals surface area (Å²) in [5, 5.41) is 48.3. The van der Waals surface area contributed by atoms with Crippen LogP contribution in [-0.2, 0) is 27.2 Å². The number of primary amides is 1. The lowest BCUT2D eigenvalue weighted by Gasteiger charge is -2.49. The second kappa shape index (κ2) is 8.61. The molecule has 7 N–H and O–H groups in total. The molecule has 0 unspecified atom stereocenters. The highest BCUT2D eigenvalue weighted by molar-refractivity contribution is 6.24. The predicted octanol–water partition coefficient (Wildman–Crippen LogP) is 1.09. The van der Waals surface area contributed by atoms with Gasteiger partial charge >= 0.3 is 0 Å². The maximum atomic E-state index is 16.2. The van der Waals surface area contributed by atoms with E-state index >= 15 is 4.39 Å². The van der Waals surface area contributed by atoms with Crippen LogP contribution in [0.2, 0.25) is 0 Å². The zero-order valence-electron chi connectivity index (χ0n) is 21.8. The first-order valence-electron chi connectivity index (χ1n) is 13.4. The molecule has 208 valence electrons. The molecule has 0 radical (unpaired) electrons. The van der Waals surface area contributed by atoms with Gasteiger partial charge in [-0.3, -0.25) is 19.3 Å². The SMILES string of the molecule is CCCN[C@@H]1C(=O)C(C(N)=O)=C(O)[C@@]2(O)C(=O)C3=C(O)c4c(O)c5c(c(F)c4C[C@H]3C[C@@H]12)[C@@H]1[C@@H](CCN1C)C5. The number of nitrogens with zero attached hydrogens (tertiary/aromatic N) is 1. The van der Waals surface area contributed by atoms with Crippen LogP contribution >= 0.6 is 0 Å². The summed E-state index contributed by atoms with van der Waals surface area (Å²) in [6.07, 6.45) is 1.75. The maximum Gasteiger partial charge on any atom is 0.255 e.